The van der Waals surface area contributed by atoms with Crippen molar-refractivity contribution in [1.29, 1.82) is 5.41 Å². The molecule has 0 aliphatic rings. The Morgan fingerprint density at radius 3 is 2.14 bits per heavy atom. The molecule has 0 bridgehead atoms. The van der Waals surface area contributed by atoms with E-state index in [9.17, 15) is 4.79 Å². The van der Waals surface area contributed by atoms with Crippen molar-refractivity contribution in [3.63, 3.8) is 0 Å². The largest absolute Gasteiger partial charge is 0.481 e. The van der Waals surface area contributed by atoms with Crippen LogP contribution in [0.2, 0.25) is 0 Å². The summed E-state index contributed by atoms with van der Waals surface area (Å²) in [6, 6.07) is 1.89. The molecule has 84 valence electrons. The van der Waals surface area contributed by atoms with Gasteiger partial charge in [-0.05, 0) is 21.0 Å². The van der Waals surface area contributed by atoms with Crippen molar-refractivity contribution in [3.8, 4) is 0 Å². The molecule has 0 rings (SSSR count). The lowest BCUT2D eigenvalue weighted by Crippen LogP contribution is -2.15. The number of rotatable bonds is 4. The highest BCUT2D eigenvalue weighted by atomic mass is 35.5. The van der Waals surface area contributed by atoms with Gasteiger partial charge in [0.2, 0.25) is 0 Å². The van der Waals surface area contributed by atoms with Crippen molar-refractivity contribution in [1.82, 2.24) is 4.90 Å². The van der Waals surface area contributed by atoms with Crippen LogP contribution in [0, 0.1) is 5.41 Å². The van der Waals surface area contributed by atoms with Crippen molar-refractivity contribution in [2.45, 2.75) is 13.3 Å². The Kier molecular flexibility index (Phi) is 19.6. The number of aliphatic carboxylic acids is 1. The quantitative estimate of drug-likeness (QED) is 0.704. The van der Waals surface area contributed by atoms with Gasteiger partial charge < -0.3 is 10.0 Å². The highest BCUT2D eigenvalue weighted by Crippen LogP contribution is 1.80. The number of carbonyl (C=O) groups is 1. The molecule has 2 N–H and O–H groups in total. The van der Waals surface area contributed by atoms with Gasteiger partial charge in [-0.15, -0.1) is 12.4 Å². The molecular formula is C8H18ClN3O2. The zero-order valence-corrected chi connectivity index (χ0v) is 9.60. The van der Waals surface area contributed by atoms with E-state index in [-0.39, 0.29) is 18.8 Å². The van der Waals surface area contributed by atoms with E-state index in [2.05, 4.69) is 4.99 Å². The lowest BCUT2D eigenvalue weighted by molar-refractivity contribution is -0.137. The lowest BCUT2D eigenvalue weighted by atomic mass is 10.4. The molecule has 0 heterocycles. The van der Waals surface area contributed by atoms with Crippen LogP contribution in [0.15, 0.2) is 4.99 Å². The van der Waals surface area contributed by atoms with Crippen LogP contribution in [0.1, 0.15) is 13.3 Å². The van der Waals surface area contributed by atoms with Crippen LogP contribution in [0.3, 0.4) is 0 Å². The molecule has 0 spiro atoms. The van der Waals surface area contributed by atoms with E-state index in [0.717, 1.165) is 0 Å². The maximum atomic E-state index is 9.88. The van der Waals surface area contributed by atoms with Gasteiger partial charge in [0, 0.05) is 13.1 Å². The number of hydrogen-bond acceptors (Lipinski definition) is 4. The Hall–Kier alpha value is -0.900. The van der Waals surface area contributed by atoms with E-state index in [1.807, 2.05) is 31.9 Å². The Morgan fingerprint density at radius 2 is 2.07 bits per heavy atom. The molecule has 14 heavy (non-hydrogen) atoms. The fourth-order valence-corrected chi connectivity index (χ4v) is 0.398. The Bertz CT molecular complexity index is 179. The number of aliphatic imine (C=N–C) groups is 1. The third-order valence-corrected chi connectivity index (χ3v) is 1.01. The monoisotopic (exact) mass is 223 g/mol. The molecule has 0 radical (unpaired) electrons. The van der Waals surface area contributed by atoms with Crippen LogP contribution in [-0.2, 0) is 4.79 Å². The number of carboxylic acids is 1. The van der Waals surface area contributed by atoms with Gasteiger partial charge in [-0.2, -0.15) is 0 Å². The first-order valence-corrected chi connectivity index (χ1v) is 3.99. The number of halogens is 1. The SMILES string of the molecule is CCN=C=N.CN(C)CCC(=O)O.Cl. The second-order valence-electron chi connectivity index (χ2n) is 2.53. The number of hydrogen-bond donors (Lipinski definition) is 2. The van der Waals surface area contributed by atoms with Gasteiger partial charge in [0.1, 0.15) is 0 Å². The zero-order valence-electron chi connectivity index (χ0n) is 8.78. The van der Waals surface area contributed by atoms with E-state index in [4.69, 9.17) is 10.5 Å². The molecule has 0 fully saturated rings. The molecule has 0 aromatic rings. The summed E-state index contributed by atoms with van der Waals surface area (Å²) in [4.78, 5) is 15.1. The summed E-state index contributed by atoms with van der Waals surface area (Å²) in [5.74, 6) is -0.737. The number of nitrogens with zero attached hydrogens (tertiary/aromatic N) is 2. The molecule has 0 amide bonds. The fourth-order valence-electron chi connectivity index (χ4n) is 0.398. The summed E-state index contributed by atoms with van der Waals surface area (Å²) in [5, 5.41) is 14.3. The molecular weight excluding hydrogens is 206 g/mol. The van der Waals surface area contributed by atoms with Crippen molar-refractivity contribution in [3.05, 3.63) is 0 Å². The van der Waals surface area contributed by atoms with Gasteiger partial charge >= 0.3 is 5.97 Å². The maximum absolute atomic E-state index is 9.88. The molecule has 5 nitrogen and oxygen atoms in total. The van der Waals surface area contributed by atoms with Gasteiger partial charge in [0.25, 0.3) is 0 Å². The van der Waals surface area contributed by atoms with E-state index >= 15 is 0 Å². The fraction of sp³-hybridized carbons (Fsp3) is 0.750. The first kappa shape index (κ1) is 18.8. The topological polar surface area (TPSA) is 76.8 Å². The van der Waals surface area contributed by atoms with Crippen LogP contribution in [0.5, 0.6) is 0 Å². The van der Waals surface area contributed by atoms with Gasteiger partial charge in [0.05, 0.1) is 12.4 Å². The van der Waals surface area contributed by atoms with E-state index in [1.54, 1.807) is 0 Å². The standard InChI is InChI=1S/C5H11NO2.C3H6N2.ClH/c1-6(2)4-3-5(7)8;1-2-5-3-4;/h3-4H2,1-2H3,(H,7,8);4H,2H2,1H3;1H. The molecule has 0 aromatic carbocycles. The summed E-state index contributed by atoms with van der Waals surface area (Å²) in [7, 11) is 3.70. The molecule has 0 aliphatic carbocycles. The minimum absolute atomic E-state index is 0. The van der Waals surface area contributed by atoms with E-state index in [0.29, 0.717) is 13.1 Å². The Morgan fingerprint density at radius 1 is 1.57 bits per heavy atom. The highest BCUT2D eigenvalue weighted by Gasteiger charge is 1.95. The summed E-state index contributed by atoms with van der Waals surface area (Å²) < 4.78 is 0. The molecule has 0 saturated heterocycles. The average Bonchev–Trinajstić information content (AvgIpc) is 2.03. The number of nitrogens with one attached hydrogen (secondary N) is 1. The second-order valence-corrected chi connectivity index (χ2v) is 2.53. The molecule has 0 saturated carbocycles. The normalized spacial score (nSPS) is 7.71. The van der Waals surface area contributed by atoms with E-state index < -0.39 is 5.97 Å². The maximum Gasteiger partial charge on any atom is 0.304 e. The molecule has 0 unspecified atom stereocenters. The van der Waals surface area contributed by atoms with Crippen LogP contribution in [0.4, 0.5) is 0 Å². The number of carboxylic acid groups (broad SMARTS) is 1. The van der Waals surface area contributed by atoms with E-state index in [1.165, 1.54) is 0 Å². The Labute approximate surface area is 90.7 Å². The van der Waals surface area contributed by atoms with Gasteiger partial charge in [-0.3, -0.25) is 4.79 Å². The average molecular weight is 224 g/mol. The first-order valence-electron chi connectivity index (χ1n) is 3.99. The minimum atomic E-state index is -0.737. The highest BCUT2D eigenvalue weighted by molar-refractivity contribution is 5.85. The smallest absolute Gasteiger partial charge is 0.304 e. The van der Waals surface area contributed by atoms with Crippen LogP contribution in [0.25, 0.3) is 0 Å². The summed E-state index contributed by atoms with van der Waals surface area (Å²) in [6.07, 6.45) is 0.229. The summed E-state index contributed by atoms with van der Waals surface area (Å²) >= 11 is 0. The second kappa shape index (κ2) is 14.6. The third kappa shape index (κ3) is 30.4. The van der Waals surface area contributed by atoms with Crippen molar-refractivity contribution in [2.75, 3.05) is 27.2 Å². The third-order valence-electron chi connectivity index (χ3n) is 1.01. The predicted octanol–water partition coefficient (Wildman–Crippen LogP) is 1.20. The van der Waals surface area contributed by atoms with Crippen LogP contribution >= 0.6 is 12.4 Å². The lowest BCUT2D eigenvalue weighted by Gasteiger charge is -2.04. The minimum Gasteiger partial charge on any atom is -0.481 e. The molecule has 6 heteroatoms. The summed E-state index contributed by atoms with van der Waals surface area (Å²) in [6.45, 7) is 3.15. The van der Waals surface area contributed by atoms with Gasteiger partial charge in [-0.25, -0.2) is 10.4 Å². The summed E-state index contributed by atoms with van der Waals surface area (Å²) in [5.41, 5.74) is 0. The van der Waals surface area contributed by atoms with Crippen LogP contribution < -0.4 is 0 Å². The van der Waals surface area contributed by atoms with Crippen molar-refractivity contribution in [2.24, 2.45) is 4.99 Å². The van der Waals surface area contributed by atoms with Crippen molar-refractivity contribution >= 4 is 24.4 Å². The predicted molar refractivity (Wildman–Crippen MR) is 58.8 cm³/mol. The van der Waals surface area contributed by atoms with Gasteiger partial charge in [-0.1, -0.05) is 0 Å². The molecule has 0 atom stereocenters. The van der Waals surface area contributed by atoms with Crippen molar-refractivity contribution < 1.29 is 9.90 Å². The van der Waals surface area contributed by atoms with Gasteiger partial charge in [0.15, 0.2) is 0 Å². The molecule has 0 aromatic heterocycles. The first-order chi connectivity index (χ1) is 6.04. The van der Waals surface area contributed by atoms with Crippen LogP contribution in [-0.4, -0.2) is 49.2 Å². The Balaban J connectivity index is -0.000000177. The molecule has 0 aliphatic heterocycles. The zero-order chi connectivity index (χ0) is 10.7.